The quantitative estimate of drug-likeness (QED) is 0.707. The van der Waals surface area contributed by atoms with Gasteiger partial charge in [0, 0.05) is 12.1 Å². The summed E-state index contributed by atoms with van der Waals surface area (Å²) >= 11 is 0. The van der Waals surface area contributed by atoms with Crippen LogP contribution in [0.1, 0.15) is 23.2 Å². The zero-order valence-electron chi connectivity index (χ0n) is 8.28. The number of nitrogens with zero attached hydrogens (tertiary/aromatic N) is 1. The summed E-state index contributed by atoms with van der Waals surface area (Å²) in [5.74, 6) is -1.30. The van der Waals surface area contributed by atoms with Crippen molar-refractivity contribution < 1.29 is 18.7 Å². The van der Waals surface area contributed by atoms with E-state index in [0.717, 1.165) is 0 Å². The zero-order chi connectivity index (χ0) is 12.3. The molecule has 1 heterocycles. The van der Waals surface area contributed by atoms with Crippen LogP contribution < -0.4 is 11.5 Å². The van der Waals surface area contributed by atoms with Gasteiger partial charge >= 0.3 is 5.97 Å². The lowest BCUT2D eigenvalue weighted by atomic mass is 10.1. The van der Waals surface area contributed by atoms with E-state index in [1.807, 2.05) is 0 Å². The van der Waals surface area contributed by atoms with Crippen molar-refractivity contribution in [1.82, 2.24) is 4.98 Å². The summed E-state index contributed by atoms with van der Waals surface area (Å²) in [4.78, 5) is 14.0. The summed E-state index contributed by atoms with van der Waals surface area (Å²) in [6.07, 6.45) is -3.39. The molecule has 0 aliphatic rings. The molecule has 0 atom stereocenters. The van der Waals surface area contributed by atoms with Gasteiger partial charge in [0.2, 0.25) is 0 Å². The molecule has 5 N–H and O–H groups in total. The van der Waals surface area contributed by atoms with Crippen molar-refractivity contribution in [1.29, 1.82) is 0 Å². The van der Waals surface area contributed by atoms with Crippen molar-refractivity contribution in [3.63, 3.8) is 0 Å². The van der Waals surface area contributed by atoms with Crippen molar-refractivity contribution in [2.75, 3.05) is 5.73 Å². The van der Waals surface area contributed by atoms with Gasteiger partial charge in [-0.15, -0.1) is 0 Å². The standard InChI is InChI=1S/C9H11F2N3O2/c10-8(11)7-4(2-6(15)16)1-5(3-12)9(13)14-7/h1,8H,2-3,12H2,(H2,13,14)(H,15,16). The molecule has 0 unspecified atom stereocenters. The van der Waals surface area contributed by atoms with Crippen LogP contribution in [0.4, 0.5) is 14.6 Å². The molecule has 88 valence electrons. The first-order chi connectivity index (χ1) is 7.45. The fourth-order valence-corrected chi connectivity index (χ4v) is 1.29. The second-order valence-corrected chi connectivity index (χ2v) is 3.15. The van der Waals surface area contributed by atoms with Crippen LogP contribution in [0.2, 0.25) is 0 Å². The molecule has 0 amide bonds. The number of rotatable bonds is 4. The van der Waals surface area contributed by atoms with E-state index in [-0.39, 0.29) is 17.9 Å². The van der Waals surface area contributed by atoms with Crippen molar-refractivity contribution in [3.05, 3.63) is 22.9 Å². The van der Waals surface area contributed by atoms with Gasteiger partial charge in [-0.1, -0.05) is 0 Å². The molecule has 1 aromatic heterocycles. The van der Waals surface area contributed by atoms with Crippen LogP contribution in [0.15, 0.2) is 6.07 Å². The predicted octanol–water partition coefficient (Wildman–Crippen LogP) is 0.687. The second-order valence-electron chi connectivity index (χ2n) is 3.15. The third-order valence-electron chi connectivity index (χ3n) is 2.02. The third kappa shape index (κ3) is 2.63. The van der Waals surface area contributed by atoms with Crippen LogP contribution in [0, 0.1) is 0 Å². The molecule has 0 saturated carbocycles. The highest BCUT2D eigenvalue weighted by Crippen LogP contribution is 2.24. The number of halogens is 2. The number of hydrogen-bond acceptors (Lipinski definition) is 4. The summed E-state index contributed by atoms with van der Waals surface area (Å²) in [7, 11) is 0. The van der Waals surface area contributed by atoms with Gasteiger partial charge in [0.15, 0.2) is 0 Å². The van der Waals surface area contributed by atoms with Gasteiger partial charge in [0.05, 0.1) is 6.42 Å². The van der Waals surface area contributed by atoms with E-state index < -0.39 is 24.5 Å². The predicted molar refractivity (Wildman–Crippen MR) is 52.8 cm³/mol. The Kier molecular flexibility index (Phi) is 3.73. The molecule has 0 saturated heterocycles. The number of aromatic nitrogens is 1. The fraction of sp³-hybridized carbons (Fsp3) is 0.333. The van der Waals surface area contributed by atoms with Gasteiger partial charge in [0.25, 0.3) is 6.43 Å². The van der Waals surface area contributed by atoms with E-state index in [2.05, 4.69) is 4.98 Å². The van der Waals surface area contributed by atoms with Crippen LogP contribution in [0.5, 0.6) is 0 Å². The van der Waals surface area contributed by atoms with Crippen molar-refractivity contribution in [2.45, 2.75) is 19.4 Å². The van der Waals surface area contributed by atoms with Gasteiger partial charge in [-0.05, 0) is 11.6 Å². The van der Waals surface area contributed by atoms with Gasteiger partial charge in [-0.3, -0.25) is 4.79 Å². The maximum absolute atomic E-state index is 12.6. The molecule has 5 nitrogen and oxygen atoms in total. The smallest absolute Gasteiger partial charge is 0.307 e. The van der Waals surface area contributed by atoms with Crippen LogP contribution in [-0.2, 0) is 17.8 Å². The van der Waals surface area contributed by atoms with Gasteiger partial charge in [-0.25, -0.2) is 13.8 Å². The highest BCUT2D eigenvalue weighted by Gasteiger charge is 2.19. The number of hydrogen-bond donors (Lipinski definition) is 3. The molecule has 7 heteroatoms. The molecule has 0 bridgehead atoms. The van der Waals surface area contributed by atoms with Crippen LogP contribution in [0.3, 0.4) is 0 Å². The number of aliphatic carboxylic acids is 1. The monoisotopic (exact) mass is 231 g/mol. The molecular formula is C9H11F2N3O2. The lowest BCUT2D eigenvalue weighted by Crippen LogP contribution is -2.11. The highest BCUT2D eigenvalue weighted by molar-refractivity contribution is 5.71. The van der Waals surface area contributed by atoms with E-state index in [1.165, 1.54) is 6.07 Å². The Bertz CT molecular complexity index is 410. The average Bonchev–Trinajstić information content (AvgIpc) is 2.19. The number of nitrogen functional groups attached to an aromatic ring is 1. The first-order valence-electron chi connectivity index (χ1n) is 4.43. The lowest BCUT2D eigenvalue weighted by Gasteiger charge is -2.10. The topological polar surface area (TPSA) is 102 Å². The number of carboxylic acid groups (broad SMARTS) is 1. The number of nitrogens with two attached hydrogens (primary N) is 2. The third-order valence-corrected chi connectivity index (χ3v) is 2.02. The summed E-state index contributed by atoms with van der Waals surface area (Å²) in [6.45, 7) is 0.0228. The molecule has 1 aromatic rings. The van der Waals surface area contributed by atoms with Gasteiger partial charge < -0.3 is 16.6 Å². The molecule has 0 aromatic carbocycles. The number of alkyl halides is 2. The first kappa shape index (κ1) is 12.3. The van der Waals surface area contributed by atoms with Crippen molar-refractivity contribution in [2.24, 2.45) is 5.73 Å². The number of anilines is 1. The SMILES string of the molecule is NCc1cc(CC(=O)O)c(C(F)F)nc1N. The maximum atomic E-state index is 12.6. The average molecular weight is 231 g/mol. The van der Waals surface area contributed by atoms with Crippen molar-refractivity contribution >= 4 is 11.8 Å². The van der Waals surface area contributed by atoms with E-state index in [0.29, 0.717) is 5.56 Å². The Morgan fingerprint density at radius 3 is 2.56 bits per heavy atom. The number of carbonyl (C=O) groups is 1. The van der Waals surface area contributed by atoms with Crippen LogP contribution in [-0.4, -0.2) is 16.1 Å². The van der Waals surface area contributed by atoms with Gasteiger partial charge in [-0.2, -0.15) is 0 Å². The Balaban J connectivity index is 3.24. The van der Waals surface area contributed by atoms with E-state index in [4.69, 9.17) is 16.6 Å². The first-order valence-corrected chi connectivity index (χ1v) is 4.43. The summed E-state index contributed by atoms with van der Waals surface area (Å²) in [5, 5.41) is 8.57. The molecule has 0 aliphatic heterocycles. The molecular weight excluding hydrogens is 220 g/mol. The normalized spacial score (nSPS) is 10.8. The fourth-order valence-electron chi connectivity index (χ4n) is 1.29. The Hall–Kier alpha value is -1.76. The largest absolute Gasteiger partial charge is 0.481 e. The highest BCUT2D eigenvalue weighted by atomic mass is 19.3. The van der Waals surface area contributed by atoms with Gasteiger partial charge in [0.1, 0.15) is 11.5 Å². The zero-order valence-corrected chi connectivity index (χ0v) is 8.28. The molecule has 0 fully saturated rings. The van der Waals surface area contributed by atoms with E-state index in [1.54, 1.807) is 0 Å². The Morgan fingerprint density at radius 2 is 2.12 bits per heavy atom. The molecule has 0 radical (unpaired) electrons. The number of pyridine rings is 1. The van der Waals surface area contributed by atoms with E-state index >= 15 is 0 Å². The van der Waals surface area contributed by atoms with Crippen LogP contribution in [0.25, 0.3) is 0 Å². The number of carboxylic acids is 1. The Labute approximate surface area is 90.1 Å². The second kappa shape index (κ2) is 4.84. The lowest BCUT2D eigenvalue weighted by molar-refractivity contribution is -0.136. The minimum Gasteiger partial charge on any atom is -0.481 e. The molecule has 0 spiro atoms. The Morgan fingerprint density at radius 1 is 1.50 bits per heavy atom. The maximum Gasteiger partial charge on any atom is 0.307 e. The summed E-state index contributed by atoms with van der Waals surface area (Å²) in [5.41, 5.74) is 10.4. The molecule has 1 rings (SSSR count). The molecule has 16 heavy (non-hydrogen) atoms. The molecule has 0 aliphatic carbocycles. The summed E-state index contributed by atoms with van der Waals surface area (Å²) in [6, 6.07) is 1.26. The summed E-state index contributed by atoms with van der Waals surface area (Å²) < 4.78 is 25.1. The minimum atomic E-state index is -2.86. The minimum absolute atomic E-state index is 0.0228. The van der Waals surface area contributed by atoms with E-state index in [9.17, 15) is 13.6 Å². The van der Waals surface area contributed by atoms with Crippen LogP contribution >= 0.6 is 0 Å². The van der Waals surface area contributed by atoms with Crippen molar-refractivity contribution in [3.8, 4) is 0 Å².